The Labute approximate surface area is 162 Å². The lowest BCUT2D eigenvalue weighted by Crippen LogP contribution is -2.41. The molecule has 1 saturated heterocycles. The first-order valence-corrected chi connectivity index (χ1v) is 9.37. The van der Waals surface area contributed by atoms with E-state index in [1.54, 1.807) is 0 Å². The molecule has 0 atom stereocenters. The summed E-state index contributed by atoms with van der Waals surface area (Å²) in [7, 11) is 0. The maximum absolute atomic E-state index is 5.97. The smallest absolute Gasteiger partial charge is 0.176 e. The second-order valence-electron chi connectivity index (χ2n) is 7.92. The Hall–Kier alpha value is -2.36. The minimum absolute atomic E-state index is 0. The van der Waals surface area contributed by atoms with Crippen LogP contribution in [0, 0.1) is 30.1 Å². The summed E-state index contributed by atoms with van der Waals surface area (Å²) < 4.78 is 11.3. The average molecular weight is 370 g/mol. The third-order valence-electron chi connectivity index (χ3n) is 4.32. The Morgan fingerprint density at radius 2 is 2.11 bits per heavy atom. The first-order chi connectivity index (χ1) is 12.9. The number of aryl methyl sites for hydroxylation is 1. The molecule has 0 spiro atoms. The monoisotopic (exact) mass is 370 g/mol. The van der Waals surface area contributed by atoms with Gasteiger partial charge in [0.25, 0.3) is 0 Å². The molecule has 0 radical (unpaired) electrons. The molecule has 2 fully saturated rings. The summed E-state index contributed by atoms with van der Waals surface area (Å²) in [5.74, 6) is 7.37. The lowest BCUT2D eigenvalue weighted by atomic mass is 9.96. The van der Waals surface area contributed by atoms with Gasteiger partial charge in [0.2, 0.25) is 0 Å². The number of nitrogens with one attached hydrogen (secondary N) is 1. The number of nitrogens with zero attached hydrogens (tertiary/aromatic N) is 2. The van der Waals surface area contributed by atoms with Gasteiger partial charge in [0.1, 0.15) is 5.84 Å². The third-order valence-corrected chi connectivity index (χ3v) is 4.32. The van der Waals surface area contributed by atoms with Gasteiger partial charge in [-0.3, -0.25) is 0 Å². The Bertz CT molecular complexity index is 781. The van der Waals surface area contributed by atoms with Gasteiger partial charge in [-0.05, 0) is 37.5 Å². The van der Waals surface area contributed by atoms with E-state index in [-0.39, 0.29) is 13.1 Å². The predicted molar refractivity (Wildman–Crippen MR) is 110 cm³/mol. The van der Waals surface area contributed by atoms with E-state index in [2.05, 4.69) is 41.2 Å². The average Bonchev–Trinajstić information content (AvgIpc) is 3.45. The Morgan fingerprint density at radius 1 is 1.37 bits per heavy atom. The lowest BCUT2D eigenvalue weighted by Gasteiger charge is -2.34. The normalized spacial score (nSPS) is 20.3. The first-order valence-electron chi connectivity index (χ1n) is 9.37. The molecular formula is C21H30N4O2. The highest BCUT2D eigenvalue weighted by molar-refractivity contribution is 6.29. The van der Waals surface area contributed by atoms with Crippen molar-refractivity contribution in [2.75, 3.05) is 19.8 Å². The van der Waals surface area contributed by atoms with E-state index >= 15 is 0 Å². The van der Waals surface area contributed by atoms with Crippen LogP contribution in [0.1, 0.15) is 39.2 Å². The molecule has 6 heteroatoms. The number of nitrogens with two attached hydrogens (primary N) is 1. The molecule has 2 aliphatic rings. The highest BCUT2D eigenvalue weighted by Crippen LogP contribution is 2.28. The summed E-state index contributed by atoms with van der Waals surface area (Å²) in [6, 6.07) is 5.99. The molecule has 27 heavy (non-hydrogen) atoms. The number of hydrazone groups is 1. The van der Waals surface area contributed by atoms with Gasteiger partial charge in [-0.15, -0.1) is 0 Å². The van der Waals surface area contributed by atoms with Crippen molar-refractivity contribution in [3.8, 4) is 11.8 Å². The van der Waals surface area contributed by atoms with Crippen molar-refractivity contribution in [2.45, 2.75) is 39.9 Å². The summed E-state index contributed by atoms with van der Waals surface area (Å²) in [6.45, 7) is 8.03. The summed E-state index contributed by atoms with van der Waals surface area (Å²) in [6.07, 6.45) is 3.64. The molecule has 1 heterocycles. The molecule has 3 N–H and O–H groups in total. The SMILES string of the molecule is Cc1ccc(C#CC2CC2)cc1N=C(N)/C=N\NCC1OCC(C)(C)CO1.[HH]. The first kappa shape index (κ1) is 19.4. The molecule has 0 amide bonds. The van der Waals surface area contributed by atoms with E-state index in [0.29, 0.717) is 31.5 Å². The van der Waals surface area contributed by atoms with Gasteiger partial charge in [0.05, 0.1) is 31.7 Å². The second-order valence-corrected chi connectivity index (χ2v) is 7.92. The lowest BCUT2D eigenvalue weighted by molar-refractivity contribution is -0.218. The van der Waals surface area contributed by atoms with Crippen LogP contribution in [0.2, 0.25) is 0 Å². The number of hydrogen-bond donors (Lipinski definition) is 2. The van der Waals surface area contributed by atoms with E-state index in [9.17, 15) is 0 Å². The third kappa shape index (κ3) is 6.38. The van der Waals surface area contributed by atoms with Gasteiger partial charge in [0, 0.05) is 18.3 Å². The van der Waals surface area contributed by atoms with E-state index in [0.717, 1.165) is 16.8 Å². The van der Waals surface area contributed by atoms with Crippen LogP contribution in [0.3, 0.4) is 0 Å². The number of aliphatic imine (C=N–C) groups is 1. The number of benzene rings is 1. The molecule has 6 nitrogen and oxygen atoms in total. The van der Waals surface area contributed by atoms with Crippen molar-refractivity contribution in [3.63, 3.8) is 0 Å². The summed E-state index contributed by atoms with van der Waals surface area (Å²) in [4.78, 5) is 4.44. The van der Waals surface area contributed by atoms with Crippen molar-refractivity contribution >= 4 is 17.7 Å². The molecule has 1 aromatic rings. The molecular weight excluding hydrogens is 340 g/mol. The molecule has 1 aliphatic heterocycles. The van der Waals surface area contributed by atoms with E-state index in [1.165, 1.54) is 19.1 Å². The highest BCUT2D eigenvalue weighted by atomic mass is 16.7. The van der Waals surface area contributed by atoms with Crippen LogP contribution in [0.25, 0.3) is 0 Å². The van der Waals surface area contributed by atoms with Crippen LogP contribution in [-0.2, 0) is 9.47 Å². The maximum atomic E-state index is 5.97. The van der Waals surface area contributed by atoms with Crippen molar-refractivity contribution in [1.29, 1.82) is 0 Å². The number of amidine groups is 1. The second kappa shape index (κ2) is 8.55. The Morgan fingerprint density at radius 3 is 2.81 bits per heavy atom. The zero-order valence-electron chi connectivity index (χ0n) is 16.3. The molecule has 3 rings (SSSR count). The maximum Gasteiger partial charge on any atom is 0.176 e. The van der Waals surface area contributed by atoms with Gasteiger partial charge in [0.15, 0.2) is 6.29 Å². The summed E-state index contributed by atoms with van der Waals surface area (Å²) >= 11 is 0. The molecule has 0 unspecified atom stereocenters. The van der Waals surface area contributed by atoms with Crippen molar-refractivity contribution in [2.24, 2.45) is 27.2 Å². The van der Waals surface area contributed by atoms with Crippen LogP contribution in [0.5, 0.6) is 0 Å². The van der Waals surface area contributed by atoms with Crippen LogP contribution >= 0.6 is 0 Å². The minimum atomic E-state index is -0.294. The predicted octanol–water partition coefficient (Wildman–Crippen LogP) is 2.97. The van der Waals surface area contributed by atoms with Gasteiger partial charge in [-0.1, -0.05) is 31.8 Å². The topological polar surface area (TPSA) is 81.2 Å². The van der Waals surface area contributed by atoms with Gasteiger partial charge < -0.3 is 20.6 Å². The fourth-order valence-electron chi connectivity index (χ4n) is 2.47. The van der Waals surface area contributed by atoms with Crippen LogP contribution in [0.4, 0.5) is 5.69 Å². The highest BCUT2D eigenvalue weighted by Gasteiger charge is 2.27. The number of rotatable bonds is 5. The number of hydrogen-bond acceptors (Lipinski definition) is 5. The van der Waals surface area contributed by atoms with E-state index in [4.69, 9.17) is 15.2 Å². The fraction of sp³-hybridized carbons (Fsp3) is 0.524. The van der Waals surface area contributed by atoms with Crippen molar-refractivity contribution in [3.05, 3.63) is 29.3 Å². The van der Waals surface area contributed by atoms with Gasteiger partial charge in [-0.25, -0.2) is 4.99 Å². The Kier molecular flexibility index (Phi) is 6.15. The van der Waals surface area contributed by atoms with E-state index < -0.39 is 0 Å². The van der Waals surface area contributed by atoms with Crippen LogP contribution in [0.15, 0.2) is 28.3 Å². The zero-order chi connectivity index (χ0) is 19.3. The molecule has 1 aliphatic carbocycles. The molecule has 0 bridgehead atoms. The zero-order valence-corrected chi connectivity index (χ0v) is 16.3. The van der Waals surface area contributed by atoms with Crippen molar-refractivity contribution in [1.82, 2.24) is 5.43 Å². The molecule has 1 aromatic carbocycles. The fourth-order valence-corrected chi connectivity index (χ4v) is 2.47. The standard InChI is InChI=1S/C21H28N4O2.H2/c1-15-4-5-17(9-8-16-6-7-16)10-18(15)25-19(22)11-23-24-12-20-26-13-21(2,3)14-27-20;/h4-5,10-11,16,20,24H,6-7,12-14H2,1-3H3,(H2,22,25);1H/b23-11-;. The molecule has 146 valence electrons. The van der Waals surface area contributed by atoms with Crippen LogP contribution in [-0.4, -0.2) is 38.1 Å². The minimum Gasteiger partial charge on any atom is -0.382 e. The molecule has 0 aromatic heterocycles. The van der Waals surface area contributed by atoms with Crippen LogP contribution < -0.4 is 11.2 Å². The quantitative estimate of drug-likeness (QED) is 0.361. The summed E-state index contributed by atoms with van der Waals surface area (Å²) in [5.41, 5.74) is 11.8. The van der Waals surface area contributed by atoms with Gasteiger partial charge >= 0.3 is 0 Å². The number of ether oxygens (including phenoxy) is 2. The largest absolute Gasteiger partial charge is 0.382 e. The van der Waals surface area contributed by atoms with Crippen molar-refractivity contribution < 1.29 is 10.9 Å². The summed E-state index contributed by atoms with van der Waals surface area (Å²) in [5, 5.41) is 4.10. The van der Waals surface area contributed by atoms with E-state index in [1.807, 2.05) is 25.1 Å². The molecule has 1 saturated carbocycles. The Balaban J connectivity index is 0.00000280. The van der Waals surface area contributed by atoms with Gasteiger partial charge in [-0.2, -0.15) is 5.10 Å².